The Morgan fingerprint density at radius 3 is 2.68 bits per heavy atom. The molecule has 9 heteroatoms. The van der Waals surface area contributed by atoms with Crippen LogP contribution in [-0.4, -0.2) is 43.9 Å². The van der Waals surface area contributed by atoms with Crippen molar-refractivity contribution in [3.05, 3.63) is 28.3 Å². The number of sulfonamides is 1. The summed E-state index contributed by atoms with van der Waals surface area (Å²) in [7, 11) is -2.59. The normalized spacial score (nSPS) is 22.7. The molecule has 2 unspecified atom stereocenters. The van der Waals surface area contributed by atoms with Crippen molar-refractivity contribution in [3.63, 3.8) is 0 Å². The zero-order valence-electron chi connectivity index (χ0n) is 12.4. The Kier molecular flexibility index (Phi) is 4.69. The minimum absolute atomic E-state index is 0.0714. The summed E-state index contributed by atoms with van der Waals surface area (Å²) in [5.74, 6) is 0.307. The Morgan fingerprint density at radius 2 is 2.18 bits per heavy atom. The minimum Gasteiger partial charge on any atom is -0.497 e. The van der Waals surface area contributed by atoms with Crippen LogP contribution in [0.1, 0.15) is 13.3 Å². The average Bonchev–Trinajstić information content (AvgIpc) is 2.88. The van der Waals surface area contributed by atoms with E-state index >= 15 is 0 Å². The first-order valence-electron chi connectivity index (χ1n) is 6.85. The second kappa shape index (κ2) is 6.19. The average molecular weight is 329 g/mol. The second-order valence-electron chi connectivity index (χ2n) is 5.35. The number of hydrogen-bond acceptors (Lipinski definition) is 6. The van der Waals surface area contributed by atoms with Crippen LogP contribution in [0.25, 0.3) is 0 Å². The van der Waals surface area contributed by atoms with Gasteiger partial charge < -0.3 is 10.5 Å². The monoisotopic (exact) mass is 329 g/mol. The number of nitro benzene ring substituents is 1. The molecule has 0 radical (unpaired) electrons. The van der Waals surface area contributed by atoms with E-state index in [0.717, 1.165) is 6.07 Å². The standard InChI is InChI=1S/C13H19N3O5S/c1-9-5-10(7-14)8-15(9)22(19,20)13-4-3-11(21-2)6-12(13)16(17)18/h3-4,6,9-10H,5,7-8,14H2,1-2H3. The van der Waals surface area contributed by atoms with Crippen LogP contribution in [0.15, 0.2) is 23.1 Å². The third kappa shape index (κ3) is 2.92. The highest BCUT2D eigenvalue weighted by molar-refractivity contribution is 7.89. The number of benzene rings is 1. The van der Waals surface area contributed by atoms with Crippen molar-refractivity contribution in [3.8, 4) is 5.75 Å². The first-order valence-corrected chi connectivity index (χ1v) is 8.29. The molecule has 1 fully saturated rings. The van der Waals surface area contributed by atoms with Gasteiger partial charge in [-0.15, -0.1) is 0 Å². The Labute approximate surface area is 129 Å². The molecule has 0 aromatic heterocycles. The second-order valence-corrected chi connectivity index (χ2v) is 7.21. The van der Waals surface area contributed by atoms with E-state index in [1.165, 1.54) is 23.5 Å². The molecule has 8 nitrogen and oxygen atoms in total. The van der Waals surface area contributed by atoms with Crippen LogP contribution in [0, 0.1) is 16.0 Å². The van der Waals surface area contributed by atoms with Crippen molar-refractivity contribution >= 4 is 15.7 Å². The van der Waals surface area contributed by atoms with Crippen LogP contribution in [0.5, 0.6) is 5.75 Å². The molecular formula is C13H19N3O5S. The number of methoxy groups -OCH3 is 1. The molecule has 1 aromatic rings. The molecule has 0 aliphatic carbocycles. The van der Waals surface area contributed by atoms with E-state index in [4.69, 9.17) is 10.5 Å². The van der Waals surface area contributed by atoms with Crippen molar-refractivity contribution in [2.45, 2.75) is 24.3 Å². The lowest BCUT2D eigenvalue weighted by atomic mass is 10.1. The van der Waals surface area contributed by atoms with Gasteiger partial charge in [0, 0.05) is 12.6 Å². The van der Waals surface area contributed by atoms with Crippen LogP contribution in [-0.2, 0) is 10.0 Å². The largest absolute Gasteiger partial charge is 0.497 e. The van der Waals surface area contributed by atoms with Gasteiger partial charge in [0.25, 0.3) is 5.69 Å². The quantitative estimate of drug-likeness (QED) is 0.635. The molecule has 1 heterocycles. The van der Waals surface area contributed by atoms with Gasteiger partial charge in [0.05, 0.1) is 18.1 Å². The number of nitro groups is 1. The van der Waals surface area contributed by atoms with Gasteiger partial charge in [-0.25, -0.2) is 8.42 Å². The van der Waals surface area contributed by atoms with E-state index < -0.39 is 20.6 Å². The van der Waals surface area contributed by atoms with Gasteiger partial charge >= 0.3 is 0 Å². The molecule has 0 saturated carbocycles. The van der Waals surface area contributed by atoms with E-state index in [1.54, 1.807) is 6.92 Å². The summed E-state index contributed by atoms with van der Waals surface area (Å²) in [5, 5.41) is 11.2. The molecule has 2 atom stereocenters. The third-order valence-corrected chi connectivity index (χ3v) is 5.91. The minimum atomic E-state index is -3.95. The number of ether oxygens (including phenoxy) is 1. The maximum absolute atomic E-state index is 12.8. The zero-order valence-corrected chi connectivity index (χ0v) is 13.2. The van der Waals surface area contributed by atoms with E-state index in [1.807, 2.05) is 0 Å². The van der Waals surface area contributed by atoms with Crippen LogP contribution in [0.3, 0.4) is 0 Å². The molecule has 2 rings (SSSR count). The molecule has 0 bridgehead atoms. The van der Waals surface area contributed by atoms with Gasteiger partial charge in [-0.1, -0.05) is 0 Å². The molecule has 22 heavy (non-hydrogen) atoms. The van der Waals surface area contributed by atoms with Crippen molar-refractivity contribution in [2.24, 2.45) is 11.7 Å². The molecule has 122 valence electrons. The fraction of sp³-hybridized carbons (Fsp3) is 0.538. The molecule has 1 saturated heterocycles. The molecule has 1 aromatic carbocycles. The molecule has 1 aliphatic heterocycles. The lowest BCUT2D eigenvalue weighted by molar-refractivity contribution is -0.387. The molecule has 0 spiro atoms. The number of rotatable bonds is 5. The molecule has 0 amide bonds. The van der Waals surface area contributed by atoms with Crippen LogP contribution in [0.4, 0.5) is 5.69 Å². The van der Waals surface area contributed by atoms with Gasteiger partial charge in [-0.3, -0.25) is 10.1 Å². The predicted molar refractivity (Wildman–Crippen MR) is 80.2 cm³/mol. The number of nitrogens with zero attached hydrogens (tertiary/aromatic N) is 2. The van der Waals surface area contributed by atoms with Crippen molar-refractivity contribution in [1.29, 1.82) is 0 Å². The summed E-state index contributed by atoms with van der Waals surface area (Å²) in [6.07, 6.45) is 0.652. The summed E-state index contributed by atoms with van der Waals surface area (Å²) >= 11 is 0. The molecular weight excluding hydrogens is 310 g/mol. The third-order valence-electron chi connectivity index (χ3n) is 3.89. The Balaban J connectivity index is 2.48. The SMILES string of the molecule is COc1ccc(S(=O)(=O)N2CC(CN)CC2C)c([N+](=O)[O-])c1. The predicted octanol–water partition coefficient (Wildman–Crippen LogP) is 0.961. The molecule has 2 N–H and O–H groups in total. The summed E-state index contributed by atoms with van der Waals surface area (Å²) < 4.78 is 31.8. The maximum Gasteiger partial charge on any atom is 0.293 e. The van der Waals surface area contributed by atoms with E-state index in [9.17, 15) is 18.5 Å². The summed E-state index contributed by atoms with van der Waals surface area (Å²) in [6.45, 7) is 2.45. The van der Waals surface area contributed by atoms with Gasteiger partial charge in [0.1, 0.15) is 5.75 Å². The van der Waals surface area contributed by atoms with Crippen molar-refractivity contribution in [1.82, 2.24) is 4.31 Å². The number of nitrogens with two attached hydrogens (primary N) is 1. The molecule has 1 aliphatic rings. The zero-order chi connectivity index (χ0) is 16.5. The maximum atomic E-state index is 12.8. The highest BCUT2D eigenvalue weighted by Crippen LogP contribution is 2.34. The first kappa shape index (κ1) is 16.7. The number of hydrogen-bond donors (Lipinski definition) is 1. The highest BCUT2D eigenvalue weighted by atomic mass is 32.2. The lowest BCUT2D eigenvalue weighted by Crippen LogP contribution is -2.34. The van der Waals surface area contributed by atoms with E-state index in [0.29, 0.717) is 13.0 Å². The van der Waals surface area contributed by atoms with Crippen molar-refractivity contribution < 1.29 is 18.1 Å². The summed E-state index contributed by atoms with van der Waals surface area (Å²) in [6, 6.07) is 3.50. The Bertz CT molecular complexity index is 676. The highest BCUT2D eigenvalue weighted by Gasteiger charge is 2.40. The van der Waals surface area contributed by atoms with Gasteiger partial charge in [-0.05, 0) is 37.9 Å². The fourth-order valence-corrected chi connectivity index (χ4v) is 4.58. The first-order chi connectivity index (χ1) is 10.3. The smallest absolute Gasteiger partial charge is 0.293 e. The lowest BCUT2D eigenvalue weighted by Gasteiger charge is -2.21. The summed E-state index contributed by atoms with van der Waals surface area (Å²) in [4.78, 5) is 10.2. The van der Waals surface area contributed by atoms with E-state index in [-0.39, 0.29) is 29.1 Å². The van der Waals surface area contributed by atoms with Gasteiger partial charge in [-0.2, -0.15) is 4.31 Å². The van der Waals surface area contributed by atoms with Crippen LogP contribution >= 0.6 is 0 Å². The topological polar surface area (TPSA) is 116 Å². The Morgan fingerprint density at radius 1 is 1.50 bits per heavy atom. The van der Waals surface area contributed by atoms with Gasteiger partial charge in [0.2, 0.25) is 10.0 Å². The van der Waals surface area contributed by atoms with Crippen LogP contribution < -0.4 is 10.5 Å². The van der Waals surface area contributed by atoms with Crippen LogP contribution in [0.2, 0.25) is 0 Å². The van der Waals surface area contributed by atoms with Gasteiger partial charge in [0.15, 0.2) is 4.90 Å². The fourth-order valence-electron chi connectivity index (χ4n) is 2.73. The Hall–Kier alpha value is -1.71. The van der Waals surface area contributed by atoms with E-state index in [2.05, 4.69) is 0 Å². The summed E-state index contributed by atoms with van der Waals surface area (Å²) in [5.41, 5.74) is 5.13. The van der Waals surface area contributed by atoms with Crippen molar-refractivity contribution in [2.75, 3.05) is 20.2 Å².